The van der Waals surface area contributed by atoms with E-state index in [4.69, 9.17) is 9.47 Å². The summed E-state index contributed by atoms with van der Waals surface area (Å²) in [6.07, 6.45) is 1.86. The number of benzene rings is 2. The minimum absolute atomic E-state index is 0.0273. The van der Waals surface area contributed by atoms with Crippen molar-refractivity contribution in [3.63, 3.8) is 0 Å². The Morgan fingerprint density at radius 3 is 2.75 bits per heavy atom. The molecule has 4 rings (SSSR count). The highest BCUT2D eigenvalue weighted by Gasteiger charge is 2.26. The van der Waals surface area contributed by atoms with Crippen molar-refractivity contribution in [2.45, 2.75) is 31.3 Å². The van der Waals surface area contributed by atoms with E-state index < -0.39 is 16.1 Å². The Kier molecular flexibility index (Phi) is 6.22. The molecule has 0 aliphatic heterocycles. The van der Waals surface area contributed by atoms with Crippen molar-refractivity contribution in [1.82, 2.24) is 24.5 Å². The minimum Gasteiger partial charge on any atom is -0.495 e. The molecular weight excluding hydrogens is 498 g/mol. The molecule has 0 fully saturated rings. The first-order valence-electron chi connectivity index (χ1n) is 9.86. The van der Waals surface area contributed by atoms with E-state index in [2.05, 4.69) is 35.8 Å². The first kappa shape index (κ1) is 22.3. The summed E-state index contributed by atoms with van der Waals surface area (Å²) in [5.41, 5.74) is 0.939. The summed E-state index contributed by atoms with van der Waals surface area (Å²) >= 11 is 3.31. The van der Waals surface area contributed by atoms with Crippen LogP contribution in [0.3, 0.4) is 0 Å². The highest BCUT2D eigenvalue weighted by atomic mass is 79.9. The van der Waals surface area contributed by atoms with Crippen molar-refractivity contribution < 1.29 is 17.9 Å². The number of sulfonamides is 1. The van der Waals surface area contributed by atoms with Crippen LogP contribution in [0.5, 0.6) is 17.5 Å². The number of ether oxygens (including phenoxy) is 2. The number of aromatic amines is 1. The lowest BCUT2D eigenvalue weighted by molar-refractivity contribution is 0.401. The number of methoxy groups -OCH3 is 1. The van der Waals surface area contributed by atoms with Gasteiger partial charge in [0.05, 0.1) is 13.2 Å². The third-order valence-electron chi connectivity index (χ3n) is 4.93. The predicted octanol–water partition coefficient (Wildman–Crippen LogP) is 4.38. The van der Waals surface area contributed by atoms with E-state index >= 15 is 0 Å². The van der Waals surface area contributed by atoms with Gasteiger partial charge in [-0.1, -0.05) is 21.0 Å². The van der Waals surface area contributed by atoms with Gasteiger partial charge in [0.15, 0.2) is 5.82 Å². The van der Waals surface area contributed by atoms with Gasteiger partial charge in [-0.3, -0.25) is 4.57 Å². The molecule has 0 saturated carbocycles. The molecule has 2 aromatic carbocycles. The minimum atomic E-state index is -3.90. The Labute approximate surface area is 193 Å². The van der Waals surface area contributed by atoms with Gasteiger partial charge in [-0.15, -0.1) is 5.10 Å². The van der Waals surface area contributed by atoms with Crippen molar-refractivity contribution in [3.8, 4) is 17.5 Å². The van der Waals surface area contributed by atoms with Gasteiger partial charge in [-0.25, -0.2) is 13.1 Å². The summed E-state index contributed by atoms with van der Waals surface area (Å²) < 4.78 is 42.2. The molecule has 9 nitrogen and oxygen atoms in total. The van der Waals surface area contributed by atoms with E-state index in [1.807, 2.05) is 37.4 Å². The third-order valence-corrected chi connectivity index (χ3v) is 6.99. The summed E-state index contributed by atoms with van der Waals surface area (Å²) in [6.45, 7) is 4.11. The van der Waals surface area contributed by atoms with Crippen molar-refractivity contribution in [3.05, 3.63) is 59.0 Å². The molecular formula is C21H22BrN5O4S. The Morgan fingerprint density at radius 2 is 2.00 bits per heavy atom. The lowest BCUT2D eigenvalue weighted by Crippen LogP contribution is -2.29. The van der Waals surface area contributed by atoms with Crippen molar-refractivity contribution in [2.75, 3.05) is 7.11 Å². The molecule has 0 aliphatic carbocycles. The summed E-state index contributed by atoms with van der Waals surface area (Å²) in [6, 6.07) is 12.0. The molecule has 2 heterocycles. The van der Waals surface area contributed by atoms with Crippen LogP contribution in [0.25, 0.3) is 10.9 Å². The Balaban J connectivity index is 1.60. The quantitative estimate of drug-likeness (QED) is 0.357. The molecule has 0 aliphatic rings. The molecule has 2 aromatic heterocycles. The molecule has 0 bridgehead atoms. The molecule has 0 saturated heterocycles. The van der Waals surface area contributed by atoms with Crippen LogP contribution in [0, 0.1) is 0 Å². The zero-order chi connectivity index (χ0) is 22.9. The first-order chi connectivity index (χ1) is 15.3. The highest BCUT2D eigenvalue weighted by molar-refractivity contribution is 9.10. The Morgan fingerprint density at radius 1 is 1.19 bits per heavy atom. The van der Waals surface area contributed by atoms with Crippen LogP contribution < -0.4 is 14.2 Å². The van der Waals surface area contributed by atoms with Crippen LogP contribution in [0.1, 0.15) is 25.7 Å². The van der Waals surface area contributed by atoms with Crippen molar-refractivity contribution >= 4 is 36.9 Å². The van der Waals surface area contributed by atoms with Crippen LogP contribution in [-0.2, 0) is 16.6 Å². The molecule has 0 radical (unpaired) electrons. The highest BCUT2D eigenvalue weighted by Crippen LogP contribution is 2.30. The van der Waals surface area contributed by atoms with Crippen molar-refractivity contribution in [1.29, 1.82) is 0 Å². The topological polar surface area (TPSA) is 111 Å². The summed E-state index contributed by atoms with van der Waals surface area (Å²) in [5.74, 6) is 1.27. The SMILES string of the molecule is CCn1c(Oc2ccc3cc[nH]c3c2)nnc1[C@@H](C)NS(=O)(=O)c1cc(Br)ccc1OC. The second-order valence-corrected chi connectivity index (χ2v) is 9.65. The second kappa shape index (κ2) is 8.93. The number of halogens is 1. The molecule has 168 valence electrons. The van der Waals surface area contributed by atoms with Gasteiger partial charge >= 0.3 is 6.01 Å². The van der Waals surface area contributed by atoms with E-state index in [1.165, 1.54) is 13.2 Å². The average molecular weight is 520 g/mol. The van der Waals surface area contributed by atoms with Crippen LogP contribution in [0.15, 0.2) is 58.0 Å². The maximum Gasteiger partial charge on any atom is 0.322 e. The lowest BCUT2D eigenvalue weighted by atomic mass is 10.2. The number of hydrogen-bond acceptors (Lipinski definition) is 6. The first-order valence-corrected chi connectivity index (χ1v) is 12.1. The molecule has 0 amide bonds. The zero-order valence-corrected chi connectivity index (χ0v) is 20.1. The predicted molar refractivity (Wildman–Crippen MR) is 123 cm³/mol. The molecule has 0 spiro atoms. The van der Waals surface area contributed by atoms with Gasteiger partial charge in [-0.2, -0.15) is 0 Å². The number of aromatic nitrogens is 4. The number of fused-ring (bicyclic) bond motifs is 1. The normalized spacial score (nSPS) is 12.8. The van der Waals surface area contributed by atoms with E-state index in [0.717, 1.165) is 10.9 Å². The monoisotopic (exact) mass is 519 g/mol. The third kappa shape index (κ3) is 4.36. The van der Waals surface area contributed by atoms with Crippen LogP contribution in [0.4, 0.5) is 0 Å². The van der Waals surface area contributed by atoms with E-state index in [-0.39, 0.29) is 16.7 Å². The summed E-state index contributed by atoms with van der Waals surface area (Å²) in [7, 11) is -2.47. The van der Waals surface area contributed by atoms with E-state index in [0.29, 0.717) is 22.6 Å². The van der Waals surface area contributed by atoms with Crippen LogP contribution in [-0.4, -0.2) is 35.3 Å². The molecule has 0 unspecified atom stereocenters. The lowest BCUT2D eigenvalue weighted by Gasteiger charge is -2.17. The maximum atomic E-state index is 13.0. The van der Waals surface area contributed by atoms with Gasteiger partial charge in [0, 0.05) is 28.8 Å². The average Bonchev–Trinajstić information content (AvgIpc) is 3.39. The van der Waals surface area contributed by atoms with Crippen LogP contribution >= 0.6 is 15.9 Å². The summed E-state index contributed by atoms with van der Waals surface area (Å²) in [4.78, 5) is 3.17. The smallest absolute Gasteiger partial charge is 0.322 e. The van der Waals surface area contributed by atoms with Gasteiger partial charge in [0.25, 0.3) is 0 Å². The molecule has 11 heteroatoms. The van der Waals surface area contributed by atoms with Gasteiger partial charge in [0.1, 0.15) is 16.4 Å². The largest absolute Gasteiger partial charge is 0.495 e. The van der Waals surface area contributed by atoms with Crippen molar-refractivity contribution in [2.24, 2.45) is 0 Å². The number of rotatable bonds is 8. The number of hydrogen-bond donors (Lipinski definition) is 2. The molecule has 32 heavy (non-hydrogen) atoms. The fourth-order valence-electron chi connectivity index (χ4n) is 3.40. The second-order valence-electron chi connectivity index (χ2n) is 7.05. The van der Waals surface area contributed by atoms with Crippen LogP contribution in [0.2, 0.25) is 0 Å². The molecule has 2 N–H and O–H groups in total. The van der Waals surface area contributed by atoms with E-state index in [9.17, 15) is 8.42 Å². The van der Waals surface area contributed by atoms with E-state index in [1.54, 1.807) is 23.6 Å². The fourth-order valence-corrected chi connectivity index (χ4v) is 5.31. The molecule has 4 aromatic rings. The number of nitrogens with zero attached hydrogens (tertiary/aromatic N) is 3. The maximum absolute atomic E-state index is 13.0. The number of H-pyrrole nitrogens is 1. The number of nitrogens with one attached hydrogen (secondary N) is 2. The Bertz CT molecular complexity index is 1370. The molecule has 1 atom stereocenters. The van der Waals surface area contributed by atoms with Gasteiger partial charge in [0.2, 0.25) is 10.0 Å². The fraction of sp³-hybridized carbons (Fsp3) is 0.238. The summed E-state index contributed by atoms with van der Waals surface area (Å²) in [5, 5.41) is 9.39. The van der Waals surface area contributed by atoms with Gasteiger partial charge < -0.3 is 14.5 Å². The Hall–Kier alpha value is -2.89. The standard InChI is InChI=1S/C21H22BrN5O4S/c1-4-27-20(13(2)26-32(28,29)19-11-15(22)6-8-18(19)30-3)24-25-21(27)31-16-7-5-14-9-10-23-17(14)12-16/h5-13,23,26H,4H2,1-3H3/t13-/m1/s1. The van der Waals surface area contributed by atoms with Gasteiger partial charge in [-0.05, 0) is 55.6 Å². The zero-order valence-electron chi connectivity index (χ0n) is 17.7.